The molecule has 4 aromatic rings. The van der Waals surface area contributed by atoms with Crippen molar-refractivity contribution >= 4 is 34.2 Å². The molecule has 2 N–H and O–H groups in total. The molecule has 2 aromatic heterocycles. The SMILES string of the molecule is COc1cccc(F)c1-c1cc2c(NC(=O)c3ccc(N4CCN(C5CC5)C(=O)C4)cc3)n[nH]c2cn1. The van der Waals surface area contributed by atoms with Crippen molar-refractivity contribution in [3.05, 3.63) is 66.1 Å². The second-order valence-electron chi connectivity index (χ2n) is 9.25. The number of carbonyl (C=O) groups is 2. The summed E-state index contributed by atoms with van der Waals surface area (Å²) in [6.45, 7) is 1.86. The summed E-state index contributed by atoms with van der Waals surface area (Å²) in [7, 11) is 1.47. The molecule has 0 radical (unpaired) electrons. The van der Waals surface area contributed by atoms with E-state index in [0.29, 0.717) is 46.3 Å². The summed E-state index contributed by atoms with van der Waals surface area (Å²) in [6.07, 6.45) is 3.75. The Kier molecular flexibility index (Phi) is 5.71. The molecule has 9 nitrogen and oxygen atoms in total. The maximum Gasteiger partial charge on any atom is 0.256 e. The number of methoxy groups -OCH3 is 1. The number of benzene rings is 2. The minimum absolute atomic E-state index is 0.155. The van der Waals surface area contributed by atoms with Gasteiger partial charge in [0.1, 0.15) is 11.6 Å². The van der Waals surface area contributed by atoms with Gasteiger partial charge < -0.3 is 19.9 Å². The topological polar surface area (TPSA) is 103 Å². The number of rotatable bonds is 6. The van der Waals surface area contributed by atoms with Crippen LogP contribution in [0.3, 0.4) is 0 Å². The van der Waals surface area contributed by atoms with Gasteiger partial charge in [-0.15, -0.1) is 0 Å². The first-order valence-electron chi connectivity index (χ1n) is 12.1. The standard InChI is InChI=1S/C27H25FN6O3/c1-37-23-4-2-3-20(28)25(23)21-13-19-22(14-29-21)31-32-26(19)30-27(36)16-5-7-17(8-6-16)33-11-12-34(18-9-10-18)24(35)15-33/h2-8,13-14,18H,9-12,15H2,1H3,(H2,30,31,32,36). The first-order valence-corrected chi connectivity index (χ1v) is 12.1. The van der Waals surface area contributed by atoms with E-state index in [1.54, 1.807) is 30.3 Å². The number of nitrogens with one attached hydrogen (secondary N) is 2. The van der Waals surface area contributed by atoms with Crippen molar-refractivity contribution in [3.8, 4) is 17.0 Å². The molecule has 6 rings (SSSR count). The van der Waals surface area contributed by atoms with E-state index in [0.717, 1.165) is 31.6 Å². The number of H-pyrrole nitrogens is 1. The Morgan fingerprint density at radius 2 is 1.97 bits per heavy atom. The van der Waals surface area contributed by atoms with E-state index in [4.69, 9.17) is 4.74 Å². The number of pyridine rings is 1. The lowest BCUT2D eigenvalue weighted by molar-refractivity contribution is -0.131. The fourth-order valence-corrected chi connectivity index (χ4v) is 4.75. The first kappa shape index (κ1) is 23.0. The molecule has 0 unspecified atom stereocenters. The third-order valence-electron chi connectivity index (χ3n) is 6.87. The maximum atomic E-state index is 14.6. The number of aromatic nitrogens is 3. The zero-order valence-electron chi connectivity index (χ0n) is 20.2. The third kappa shape index (κ3) is 4.35. The highest BCUT2D eigenvalue weighted by Gasteiger charge is 2.35. The average molecular weight is 501 g/mol. The number of nitrogens with zero attached hydrogens (tertiary/aromatic N) is 4. The molecule has 3 heterocycles. The summed E-state index contributed by atoms with van der Waals surface area (Å²) in [5, 5.41) is 10.5. The molecule has 37 heavy (non-hydrogen) atoms. The van der Waals surface area contributed by atoms with Crippen molar-refractivity contribution in [2.24, 2.45) is 0 Å². The van der Waals surface area contributed by atoms with Crippen LogP contribution in [0.2, 0.25) is 0 Å². The van der Waals surface area contributed by atoms with Gasteiger partial charge in [-0.3, -0.25) is 19.7 Å². The van der Waals surface area contributed by atoms with Crippen LogP contribution in [0.15, 0.2) is 54.7 Å². The summed E-state index contributed by atoms with van der Waals surface area (Å²) in [5.41, 5.74) is 2.55. The van der Waals surface area contributed by atoms with E-state index in [9.17, 15) is 14.0 Å². The molecular weight excluding hydrogens is 475 g/mol. The number of halogens is 1. The molecule has 0 atom stereocenters. The summed E-state index contributed by atoms with van der Waals surface area (Å²) < 4.78 is 19.9. The largest absolute Gasteiger partial charge is 0.496 e. The molecule has 188 valence electrons. The molecule has 0 spiro atoms. The minimum atomic E-state index is -0.462. The van der Waals surface area contributed by atoms with Gasteiger partial charge in [-0.05, 0) is 55.3 Å². The lowest BCUT2D eigenvalue weighted by atomic mass is 10.1. The number of amides is 2. The lowest BCUT2D eigenvalue weighted by Crippen LogP contribution is -2.51. The smallest absolute Gasteiger partial charge is 0.256 e. The van der Waals surface area contributed by atoms with E-state index in [2.05, 4.69) is 20.5 Å². The zero-order chi connectivity index (χ0) is 25.5. The van der Waals surface area contributed by atoms with Crippen LogP contribution in [0, 0.1) is 5.82 Å². The summed E-state index contributed by atoms with van der Waals surface area (Å²) in [4.78, 5) is 33.8. The highest BCUT2D eigenvalue weighted by atomic mass is 19.1. The fourth-order valence-electron chi connectivity index (χ4n) is 4.75. The fraction of sp³-hybridized carbons (Fsp3) is 0.259. The van der Waals surface area contributed by atoms with Crippen molar-refractivity contribution in [1.29, 1.82) is 0 Å². The summed E-state index contributed by atoms with van der Waals surface area (Å²) in [5.74, 6) is 0.0248. The third-order valence-corrected chi connectivity index (χ3v) is 6.87. The summed E-state index contributed by atoms with van der Waals surface area (Å²) in [6, 6.07) is 13.8. The number of fused-ring (bicyclic) bond motifs is 1. The molecule has 1 aliphatic heterocycles. The van der Waals surface area contributed by atoms with Crippen LogP contribution in [-0.2, 0) is 4.79 Å². The predicted octanol–water partition coefficient (Wildman–Crippen LogP) is 3.84. The second-order valence-corrected chi connectivity index (χ2v) is 9.25. The summed E-state index contributed by atoms with van der Waals surface area (Å²) >= 11 is 0. The van der Waals surface area contributed by atoms with Crippen LogP contribution < -0.4 is 15.0 Å². The van der Waals surface area contributed by atoms with Gasteiger partial charge in [0.05, 0.1) is 36.6 Å². The number of aromatic amines is 1. The second kappa shape index (κ2) is 9.20. The van der Waals surface area contributed by atoms with Crippen LogP contribution in [-0.4, -0.2) is 64.7 Å². The molecular formula is C27H25FN6O3. The van der Waals surface area contributed by atoms with Crippen molar-refractivity contribution in [2.45, 2.75) is 18.9 Å². The van der Waals surface area contributed by atoms with Gasteiger partial charge in [-0.25, -0.2) is 4.39 Å². The van der Waals surface area contributed by atoms with Gasteiger partial charge in [-0.2, -0.15) is 5.10 Å². The van der Waals surface area contributed by atoms with E-state index >= 15 is 0 Å². The Hall–Kier alpha value is -4.47. The van der Waals surface area contributed by atoms with Crippen LogP contribution in [0.5, 0.6) is 5.75 Å². The van der Waals surface area contributed by atoms with Crippen molar-refractivity contribution < 1.29 is 18.7 Å². The van der Waals surface area contributed by atoms with Gasteiger partial charge in [0, 0.05) is 35.8 Å². The molecule has 10 heteroatoms. The highest BCUT2D eigenvalue weighted by molar-refractivity contribution is 6.08. The molecule has 2 amide bonds. The van der Waals surface area contributed by atoms with Crippen LogP contribution in [0.4, 0.5) is 15.9 Å². The van der Waals surface area contributed by atoms with Crippen LogP contribution in [0.25, 0.3) is 22.2 Å². The molecule has 1 aliphatic carbocycles. The predicted molar refractivity (Wildman–Crippen MR) is 137 cm³/mol. The molecule has 2 aromatic carbocycles. The maximum absolute atomic E-state index is 14.6. The Balaban J connectivity index is 1.20. The number of hydrogen-bond acceptors (Lipinski definition) is 6. The van der Waals surface area contributed by atoms with Crippen molar-refractivity contribution in [3.63, 3.8) is 0 Å². The quantitative estimate of drug-likeness (QED) is 0.417. The van der Waals surface area contributed by atoms with Gasteiger partial charge >= 0.3 is 0 Å². The van der Waals surface area contributed by atoms with E-state index in [1.165, 1.54) is 19.4 Å². The highest BCUT2D eigenvalue weighted by Crippen LogP contribution is 2.34. The number of ether oxygens (including phenoxy) is 1. The average Bonchev–Trinajstić information content (AvgIpc) is 3.69. The van der Waals surface area contributed by atoms with Gasteiger partial charge in [0.2, 0.25) is 5.91 Å². The van der Waals surface area contributed by atoms with E-state index < -0.39 is 5.82 Å². The molecule has 2 fully saturated rings. The van der Waals surface area contributed by atoms with E-state index in [-0.39, 0.29) is 17.4 Å². The van der Waals surface area contributed by atoms with Crippen molar-refractivity contribution in [2.75, 3.05) is 37.0 Å². The zero-order valence-corrected chi connectivity index (χ0v) is 20.2. The molecule has 1 saturated carbocycles. The molecule has 1 saturated heterocycles. The first-order chi connectivity index (χ1) is 18.0. The number of hydrogen-bond donors (Lipinski definition) is 2. The number of piperazine rings is 1. The Labute approximate surface area is 212 Å². The van der Waals surface area contributed by atoms with Gasteiger partial charge in [0.15, 0.2) is 5.82 Å². The van der Waals surface area contributed by atoms with Gasteiger partial charge in [0.25, 0.3) is 5.91 Å². The Bertz CT molecular complexity index is 1500. The van der Waals surface area contributed by atoms with Crippen LogP contribution in [0.1, 0.15) is 23.2 Å². The van der Waals surface area contributed by atoms with E-state index in [1.807, 2.05) is 21.9 Å². The monoisotopic (exact) mass is 500 g/mol. The number of anilines is 2. The minimum Gasteiger partial charge on any atom is -0.496 e. The number of carbonyl (C=O) groups excluding carboxylic acids is 2. The molecule has 0 bridgehead atoms. The lowest BCUT2D eigenvalue weighted by Gasteiger charge is -2.35. The van der Waals surface area contributed by atoms with Crippen LogP contribution >= 0.6 is 0 Å². The van der Waals surface area contributed by atoms with Gasteiger partial charge in [-0.1, -0.05) is 6.07 Å². The normalized spacial score (nSPS) is 15.8. The Morgan fingerprint density at radius 3 is 2.70 bits per heavy atom. The Morgan fingerprint density at radius 1 is 1.16 bits per heavy atom. The molecule has 2 aliphatic rings. The van der Waals surface area contributed by atoms with Crippen molar-refractivity contribution in [1.82, 2.24) is 20.1 Å².